The third-order valence-corrected chi connectivity index (χ3v) is 2.42. The van der Waals surface area contributed by atoms with Gasteiger partial charge in [0.15, 0.2) is 0 Å². The first-order valence-electron chi connectivity index (χ1n) is 5.18. The van der Waals surface area contributed by atoms with Crippen LogP contribution in [-0.4, -0.2) is 28.8 Å². The SMILES string of the molecule is CC(=O)NCC(O)C(O)c1cccc(N)c1N. The highest BCUT2D eigenvalue weighted by Gasteiger charge is 2.21. The van der Waals surface area contributed by atoms with Gasteiger partial charge in [0.1, 0.15) is 12.2 Å². The van der Waals surface area contributed by atoms with E-state index in [1.165, 1.54) is 6.92 Å². The molecule has 0 bridgehead atoms. The number of amides is 1. The summed E-state index contributed by atoms with van der Waals surface area (Å²) in [4.78, 5) is 10.7. The zero-order chi connectivity index (χ0) is 13.0. The molecule has 0 aliphatic rings. The molecular weight excluding hydrogens is 222 g/mol. The van der Waals surface area contributed by atoms with E-state index >= 15 is 0 Å². The predicted octanol–water partition coefficient (Wildman–Crippen LogP) is -0.619. The quantitative estimate of drug-likeness (QED) is 0.448. The largest absolute Gasteiger partial charge is 0.397 e. The molecular formula is C11H17N3O3. The molecule has 1 rings (SSSR count). The molecule has 1 aromatic rings. The molecule has 0 aliphatic heterocycles. The number of benzene rings is 1. The Labute approximate surface area is 99.2 Å². The van der Waals surface area contributed by atoms with Gasteiger partial charge in [-0.05, 0) is 6.07 Å². The first kappa shape index (κ1) is 13.3. The molecule has 94 valence electrons. The Kier molecular flexibility index (Phi) is 4.30. The Morgan fingerprint density at radius 3 is 2.65 bits per heavy atom. The number of rotatable bonds is 4. The van der Waals surface area contributed by atoms with Crippen LogP contribution in [0.4, 0.5) is 11.4 Å². The number of carbonyl (C=O) groups excluding carboxylic acids is 1. The number of nitrogens with two attached hydrogens (primary N) is 2. The minimum absolute atomic E-state index is 0.0509. The zero-order valence-corrected chi connectivity index (χ0v) is 9.55. The van der Waals surface area contributed by atoms with Gasteiger partial charge in [0, 0.05) is 19.0 Å². The molecule has 0 aliphatic carbocycles. The monoisotopic (exact) mass is 239 g/mol. The molecule has 2 unspecified atom stereocenters. The summed E-state index contributed by atoms with van der Waals surface area (Å²) >= 11 is 0. The van der Waals surface area contributed by atoms with E-state index in [-0.39, 0.29) is 18.1 Å². The van der Waals surface area contributed by atoms with Gasteiger partial charge >= 0.3 is 0 Å². The van der Waals surface area contributed by atoms with Gasteiger partial charge in [-0.1, -0.05) is 12.1 Å². The molecule has 17 heavy (non-hydrogen) atoms. The lowest BCUT2D eigenvalue weighted by molar-refractivity contribution is -0.119. The molecule has 0 saturated heterocycles. The van der Waals surface area contributed by atoms with Gasteiger partial charge in [-0.25, -0.2) is 0 Å². The van der Waals surface area contributed by atoms with Crippen LogP contribution in [0.25, 0.3) is 0 Å². The topological polar surface area (TPSA) is 122 Å². The van der Waals surface area contributed by atoms with Crippen molar-refractivity contribution in [2.75, 3.05) is 18.0 Å². The van der Waals surface area contributed by atoms with Crippen LogP contribution < -0.4 is 16.8 Å². The van der Waals surface area contributed by atoms with Gasteiger partial charge < -0.3 is 27.0 Å². The lowest BCUT2D eigenvalue weighted by Gasteiger charge is -2.20. The summed E-state index contributed by atoms with van der Waals surface area (Å²) in [7, 11) is 0. The first-order valence-corrected chi connectivity index (χ1v) is 5.18. The third-order valence-electron chi connectivity index (χ3n) is 2.42. The number of nitrogen functional groups attached to an aromatic ring is 2. The van der Waals surface area contributed by atoms with Crippen LogP contribution in [0.15, 0.2) is 18.2 Å². The maximum atomic E-state index is 10.7. The van der Waals surface area contributed by atoms with Crippen molar-refractivity contribution in [3.05, 3.63) is 23.8 Å². The van der Waals surface area contributed by atoms with E-state index in [0.29, 0.717) is 11.3 Å². The summed E-state index contributed by atoms with van der Waals surface area (Å²) in [6.07, 6.45) is -2.33. The van der Waals surface area contributed by atoms with E-state index in [9.17, 15) is 15.0 Å². The summed E-state index contributed by atoms with van der Waals surface area (Å²) < 4.78 is 0. The summed E-state index contributed by atoms with van der Waals surface area (Å²) in [6.45, 7) is 1.28. The molecule has 0 aromatic heterocycles. The van der Waals surface area contributed by atoms with Crippen LogP contribution in [0.5, 0.6) is 0 Å². The number of carbonyl (C=O) groups is 1. The standard InChI is InChI=1S/C11H17N3O3/c1-6(15)14-5-9(16)11(17)7-3-2-4-8(12)10(7)13/h2-4,9,11,16-17H,5,12-13H2,1H3,(H,14,15). The number of para-hydroxylation sites is 1. The van der Waals surface area contributed by atoms with Gasteiger partial charge in [0.2, 0.25) is 5.91 Å². The van der Waals surface area contributed by atoms with E-state index in [2.05, 4.69) is 5.32 Å². The number of aliphatic hydroxyl groups excluding tert-OH is 2. The Balaban J connectivity index is 2.77. The fraction of sp³-hybridized carbons (Fsp3) is 0.364. The number of aliphatic hydroxyl groups is 2. The average Bonchev–Trinajstić information content (AvgIpc) is 2.28. The van der Waals surface area contributed by atoms with E-state index in [1.54, 1.807) is 18.2 Å². The normalized spacial score (nSPS) is 14.1. The molecule has 0 spiro atoms. The fourth-order valence-corrected chi connectivity index (χ4v) is 1.43. The van der Waals surface area contributed by atoms with Crippen molar-refractivity contribution in [1.82, 2.24) is 5.32 Å². The second kappa shape index (κ2) is 5.51. The Morgan fingerprint density at radius 1 is 1.41 bits per heavy atom. The molecule has 6 heteroatoms. The third kappa shape index (κ3) is 3.33. The van der Waals surface area contributed by atoms with Gasteiger partial charge in [0.05, 0.1) is 11.4 Å². The highest BCUT2D eigenvalue weighted by Crippen LogP contribution is 2.27. The zero-order valence-electron chi connectivity index (χ0n) is 9.55. The van der Waals surface area contributed by atoms with Crippen molar-refractivity contribution < 1.29 is 15.0 Å². The molecule has 0 fully saturated rings. The average molecular weight is 239 g/mol. The maximum Gasteiger partial charge on any atom is 0.216 e. The molecule has 7 N–H and O–H groups in total. The molecule has 0 saturated carbocycles. The number of hydrogen-bond acceptors (Lipinski definition) is 5. The molecule has 0 radical (unpaired) electrons. The minimum Gasteiger partial charge on any atom is -0.397 e. The molecule has 0 heterocycles. The van der Waals surface area contributed by atoms with Crippen LogP contribution in [0.2, 0.25) is 0 Å². The number of anilines is 2. The second-order valence-corrected chi connectivity index (χ2v) is 3.80. The fourth-order valence-electron chi connectivity index (χ4n) is 1.43. The first-order chi connectivity index (χ1) is 7.93. The van der Waals surface area contributed by atoms with Crippen molar-refractivity contribution in [2.24, 2.45) is 0 Å². The Morgan fingerprint density at radius 2 is 2.06 bits per heavy atom. The van der Waals surface area contributed by atoms with Gasteiger partial charge in [-0.3, -0.25) is 4.79 Å². The van der Waals surface area contributed by atoms with E-state index < -0.39 is 12.2 Å². The van der Waals surface area contributed by atoms with Gasteiger partial charge in [0.25, 0.3) is 0 Å². The van der Waals surface area contributed by atoms with Gasteiger partial charge in [-0.2, -0.15) is 0 Å². The smallest absolute Gasteiger partial charge is 0.216 e. The highest BCUT2D eigenvalue weighted by molar-refractivity contribution is 5.72. The summed E-state index contributed by atoms with van der Waals surface area (Å²) in [5.41, 5.74) is 12.2. The Bertz CT molecular complexity index is 409. The van der Waals surface area contributed by atoms with Crippen molar-refractivity contribution in [1.29, 1.82) is 0 Å². The molecule has 6 nitrogen and oxygen atoms in total. The number of nitrogens with one attached hydrogen (secondary N) is 1. The molecule has 1 aromatic carbocycles. The highest BCUT2D eigenvalue weighted by atomic mass is 16.3. The second-order valence-electron chi connectivity index (χ2n) is 3.80. The lowest BCUT2D eigenvalue weighted by Crippen LogP contribution is -2.34. The van der Waals surface area contributed by atoms with Crippen molar-refractivity contribution >= 4 is 17.3 Å². The van der Waals surface area contributed by atoms with Crippen molar-refractivity contribution in [3.63, 3.8) is 0 Å². The number of hydrogen-bond donors (Lipinski definition) is 5. The summed E-state index contributed by atoms with van der Waals surface area (Å²) in [6, 6.07) is 4.81. The van der Waals surface area contributed by atoms with Gasteiger partial charge in [-0.15, -0.1) is 0 Å². The molecule has 2 atom stereocenters. The van der Waals surface area contributed by atoms with Crippen LogP contribution in [-0.2, 0) is 4.79 Å². The summed E-state index contributed by atoms with van der Waals surface area (Å²) in [5, 5.41) is 22.0. The van der Waals surface area contributed by atoms with E-state index in [4.69, 9.17) is 11.5 Å². The lowest BCUT2D eigenvalue weighted by atomic mass is 10.0. The van der Waals surface area contributed by atoms with E-state index in [1.807, 2.05) is 0 Å². The van der Waals surface area contributed by atoms with Crippen LogP contribution in [0.1, 0.15) is 18.6 Å². The predicted molar refractivity (Wildman–Crippen MR) is 64.9 cm³/mol. The Hall–Kier alpha value is -1.79. The van der Waals surface area contributed by atoms with Crippen molar-refractivity contribution in [2.45, 2.75) is 19.1 Å². The molecule has 1 amide bonds. The maximum absolute atomic E-state index is 10.7. The van der Waals surface area contributed by atoms with E-state index in [0.717, 1.165) is 0 Å². The van der Waals surface area contributed by atoms with Crippen LogP contribution >= 0.6 is 0 Å². The summed E-state index contributed by atoms with van der Waals surface area (Å²) in [5.74, 6) is -0.281. The van der Waals surface area contributed by atoms with Crippen LogP contribution in [0, 0.1) is 0 Å². The minimum atomic E-state index is -1.19. The van der Waals surface area contributed by atoms with Crippen molar-refractivity contribution in [3.8, 4) is 0 Å². The van der Waals surface area contributed by atoms with Crippen LogP contribution in [0.3, 0.4) is 0 Å².